The van der Waals surface area contributed by atoms with Crippen molar-refractivity contribution in [3.8, 4) is 0 Å². The number of aliphatic carboxylic acids is 1. The second-order valence-corrected chi connectivity index (χ2v) is 11.4. The van der Waals surface area contributed by atoms with Gasteiger partial charge in [-0.2, -0.15) is 0 Å². The monoisotopic (exact) mass is 487 g/mol. The number of nitrogens with one attached hydrogen (secondary N) is 2. The largest absolute Gasteiger partial charge is 0.477 e. The highest BCUT2D eigenvalue weighted by Gasteiger charge is 2.54. The number of amides is 3. The van der Waals surface area contributed by atoms with Crippen LogP contribution in [0.15, 0.2) is 21.6 Å². The van der Waals surface area contributed by atoms with Crippen LogP contribution in [0, 0.1) is 0 Å². The molecule has 3 rings (SSSR count). The normalized spacial score (nSPS) is 24.5. The van der Waals surface area contributed by atoms with Gasteiger partial charge in [-0.1, -0.05) is 0 Å². The first kappa shape index (κ1) is 23.9. The Labute approximate surface area is 193 Å². The SMILES string of the molecule is CC1=C(C(=O)O)N2C(=O)C(NC(=O)C(NC(=O)OC(C)(C)C)C3=CSCCS3)C2SC1. The summed E-state index contributed by atoms with van der Waals surface area (Å²) < 4.78 is 5.29. The maximum atomic E-state index is 13.1. The third-order valence-electron chi connectivity index (χ3n) is 4.54. The van der Waals surface area contributed by atoms with Crippen LogP contribution in [0.2, 0.25) is 0 Å². The lowest BCUT2D eigenvalue weighted by atomic mass is 10.0. The van der Waals surface area contributed by atoms with Crippen LogP contribution in [0.3, 0.4) is 0 Å². The first-order valence-corrected chi connectivity index (χ1v) is 12.7. The maximum Gasteiger partial charge on any atom is 0.408 e. The third-order valence-corrected chi connectivity index (χ3v) is 8.32. The Hall–Kier alpha value is -1.79. The number of fused-ring (bicyclic) bond motifs is 1. The summed E-state index contributed by atoms with van der Waals surface area (Å²) in [5.74, 6) is -0.0257. The summed E-state index contributed by atoms with van der Waals surface area (Å²) in [5.41, 5.74) is -0.143. The molecule has 3 N–H and O–H groups in total. The van der Waals surface area contributed by atoms with Crippen molar-refractivity contribution < 1.29 is 29.0 Å². The van der Waals surface area contributed by atoms with E-state index in [-0.39, 0.29) is 5.70 Å². The molecule has 3 amide bonds. The van der Waals surface area contributed by atoms with E-state index in [0.29, 0.717) is 16.2 Å². The van der Waals surface area contributed by atoms with Gasteiger partial charge in [0.25, 0.3) is 5.91 Å². The highest BCUT2D eigenvalue weighted by molar-refractivity contribution is 8.09. The molecule has 0 aliphatic carbocycles. The van der Waals surface area contributed by atoms with Crippen molar-refractivity contribution in [2.45, 2.75) is 50.8 Å². The van der Waals surface area contributed by atoms with Crippen LogP contribution in [-0.2, 0) is 19.1 Å². The smallest absolute Gasteiger partial charge is 0.408 e. The molecule has 0 aromatic rings. The molecule has 0 aromatic heterocycles. The molecule has 9 nitrogen and oxygen atoms in total. The second-order valence-electron chi connectivity index (χ2n) is 8.15. The predicted octanol–water partition coefficient (Wildman–Crippen LogP) is 1.96. The molecule has 1 saturated heterocycles. The Morgan fingerprint density at radius 2 is 2.00 bits per heavy atom. The van der Waals surface area contributed by atoms with Gasteiger partial charge in [-0.05, 0) is 38.7 Å². The minimum Gasteiger partial charge on any atom is -0.477 e. The van der Waals surface area contributed by atoms with Crippen molar-refractivity contribution in [1.29, 1.82) is 0 Å². The lowest BCUT2D eigenvalue weighted by Crippen LogP contribution is -2.71. The van der Waals surface area contributed by atoms with Gasteiger partial charge in [0.2, 0.25) is 5.91 Å². The van der Waals surface area contributed by atoms with Gasteiger partial charge >= 0.3 is 12.1 Å². The number of nitrogens with zero attached hydrogens (tertiary/aromatic N) is 1. The third kappa shape index (κ3) is 5.35. The van der Waals surface area contributed by atoms with Crippen molar-refractivity contribution in [2.24, 2.45) is 0 Å². The number of carbonyl (C=O) groups excluding carboxylic acids is 3. The number of ether oxygens (including phenoxy) is 1. The first-order valence-electron chi connectivity index (χ1n) is 9.61. The highest BCUT2D eigenvalue weighted by atomic mass is 32.2. The Morgan fingerprint density at radius 1 is 1.29 bits per heavy atom. The van der Waals surface area contributed by atoms with Crippen molar-refractivity contribution in [2.75, 3.05) is 17.3 Å². The van der Waals surface area contributed by atoms with E-state index in [4.69, 9.17) is 4.74 Å². The summed E-state index contributed by atoms with van der Waals surface area (Å²) in [4.78, 5) is 51.5. The molecule has 3 heterocycles. The van der Waals surface area contributed by atoms with Gasteiger partial charge in [0, 0.05) is 22.2 Å². The van der Waals surface area contributed by atoms with E-state index in [1.807, 2.05) is 5.41 Å². The Morgan fingerprint density at radius 3 is 2.58 bits per heavy atom. The number of thioether (sulfide) groups is 3. The predicted molar refractivity (Wildman–Crippen MR) is 122 cm³/mol. The van der Waals surface area contributed by atoms with E-state index >= 15 is 0 Å². The number of rotatable bonds is 5. The quantitative estimate of drug-likeness (QED) is 0.499. The van der Waals surface area contributed by atoms with E-state index in [1.54, 1.807) is 39.5 Å². The van der Waals surface area contributed by atoms with Crippen LogP contribution >= 0.6 is 35.3 Å². The van der Waals surface area contributed by atoms with Crippen molar-refractivity contribution >= 4 is 59.2 Å². The van der Waals surface area contributed by atoms with E-state index in [2.05, 4.69) is 10.6 Å². The first-order chi connectivity index (χ1) is 14.5. The van der Waals surface area contributed by atoms with Gasteiger partial charge in [-0.3, -0.25) is 14.5 Å². The van der Waals surface area contributed by atoms with E-state index in [0.717, 1.165) is 11.5 Å². The molecule has 0 aromatic carbocycles. The van der Waals surface area contributed by atoms with Crippen LogP contribution in [0.5, 0.6) is 0 Å². The summed E-state index contributed by atoms with van der Waals surface area (Å²) >= 11 is 4.41. The van der Waals surface area contributed by atoms with Crippen LogP contribution in [-0.4, -0.2) is 74.2 Å². The summed E-state index contributed by atoms with van der Waals surface area (Å²) in [6.45, 7) is 6.86. The number of alkyl carbamates (subject to hydrolysis) is 1. The molecule has 0 spiro atoms. The van der Waals surface area contributed by atoms with Gasteiger partial charge in [0.1, 0.15) is 28.8 Å². The lowest BCUT2D eigenvalue weighted by Gasteiger charge is -2.49. The summed E-state index contributed by atoms with van der Waals surface area (Å²) in [5, 5.41) is 16.1. The lowest BCUT2D eigenvalue weighted by molar-refractivity contribution is -0.150. The molecule has 31 heavy (non-hydrogen) atoms. The van der Waals surface area contributed by atoms with Gasteiger partial charge in [0.05, 0.1) is 0 Å². The average Bonchev–Trinajstić information content (AvgIpc) is 2.69. The Balaban J connectivity index is 1.74. The molecule has 3 aliphatic heterocycles. The van der Waals surface area contributed by atoms with E-state index < -0.39 is 46.9 Å². The molecule has 0 radical (unpaired) electrons. The van der Waals surface area contributed by atoms with Crippen LogP contribution in [0.4, 0.5) is 4.79 Å². The minimum atomic E-state index is -1.16. The van der Waals surface area contributed by atoms with Gasteiger partial charge in [-0.25, -0.2) is 9.59 Å². The van der Waals surface area contributed by atoms with Crippen molar-refractivity contribution in [3.05, 3.63) is 21.6 Å². The molecule has 0 saturated carbocycles. The van der Waals surface area contributed by atoms with Crippen LogP contribution < -0.4 is 10.6 Å². The van der Waals surface area contributed by atoms with Gasteiger partial charge in [0.15, 0.2) is 0 Å². The summed E-state index contributed by atoms with van der Waals surface area (Å²) in [7, 11) is 0. The number of hydrogen-bond acceptors (Lipinski definition) is 8. The van der Waals surface area contributed by atoms with Crippen LogP contribution in [0.25, 0.3) is 0 Å². The molecular formula is C19H25N3O6S3. The van der Waals surface area contributed by atoms with Crippen LogP contribution in [0.1, 0.15) is 27.7 Å². The Bertz CT molecular complexity index is 866. The van der Waals surface area contributed by atoms with E-state index in [9.17, 15) is 24.3 Å². The Kier molecular flexibility index (Phi) is 7.21. The number of carbonyl (C=O) groups is 4. The summed E-state index contributed by atoms with van der Waals surface area (Å²) in [6, 6.07) is -1.86. The zero-order valence-corrected chi connectivity index (χ0v) is 20.0. The second kappa shape index (κ2) is 9.37. The molecular weight excluding hydrogens is 462 g/mol. The van der Waals surface area contributed by atoms with Gasteiger partial charge in [-0.15, -0.1) is 35.3 Å². The van der Waals surface area contributed by atoms with Gasteiger partial charge < -0.3 is 20.5 Å². The number of carboxylic acid groups (broad SMARTS) is 1. The van der Waals surface area contributed by atoms with E-state index in [1.165, 1.54) is 28.4 Å². The highest BCUT2D eigenvalue weighted by Crippen LogP contribution is 2.40. The standard InChI is InChI=1S/C19H25N3O6S3/c1-9-7-31-16-12(15(24)22(16)13(9)17(25)26)20-14(23)11(10-8-29-5-6-30-10)21-18(27)28-19(2,3)4/h8,11-12,16H,5-7H2,1-4H3,(H,20,23)(H,21,27)(H,25,26). The molecule has 3 atom stereocenters. The fraction of sp³-hybridized carbons (Fsp3) is 0.579. The zero-order chi connectivity index (χ0) is 22.9. The van der Waals surface area contributed by atoms with Crippen molar-refractivity contribution in [3.63, 3.8) is 0 Å². The van der Waals surface area contributed by atoms with Crippen molar-refractivity contribution in [1.82, 2.24) is 15.5 Å². The fourth-order valence-corrected chi connectivity index (χ4v) is 6.71. The molecule has 3 aliphatic rings. The molecule has 0 bridgehead atoms. The minimum absolute atomic E-state index is 0.0235. The number of carboxylic acids is 1. The zero-order valence-electron chi connectivity index (χ0n) is 17.6. The number of β-lactam (4-membered cyclic amide) rings is 1. The molecule has 3 unspecified atom stereocenters. The fourth-order valence-electron chi connectivity index (χ4n) is 3.24. The topological polar surface area (TPSA) is 125 Å². The molecule has 170 valence electrons. The average molecular weight is 488 g/mol. The summed E-state index contributed by atoms with van der Waals surface area (Å²) in [6.07, 6.45) is -0.731. The molecule has 12 heteroatoms. The maximum absolute atomic E-state index is 13.1. The number of hydrogen-bond donors (Lipinski definition) is 3. The molecule has 1 fully saturated rings.